The van der Waals surface area contributed by atoms with E-state index in [4.69, 9.17) is 11.6 Å². The Morgan fingerprint density at radius 1 is 1.43 bits per heavy atom. The van der Waals surface area contributed by atoms with Crippen molar-refractivity contribution in [3.8, 4) is 0 Å². The van der Waals surface area contributed by atoms with E-state index in [0.29, 0.717) is 18.0 Å². The number of carbonyl (C=O) groups excluding carboxylic acids is 1. The van der Waals surface area contributed by atoms with Gasteiger partial charge in [-0.05, 0) is 42.9 Å². The number of hydrogen-bond donors (Lipinski definition) is 2. The Balaban J connectivity index is 1.99. The van der Waals surface area contributed by atoms with E-state index >= 15 is 0 Å². The fourth-order valence-corrected chi connectivity index (χ4v) is 2.99. The fraction of sp³-hybridized carbons (Fsp3) is 0.588. The van der Waals surface area contributed by atoms with Crippen LogP contribution in [0, 0.1) is 5.92 Å². The highest BCUT2D eigenvalue weighted by Gasteiger charge is 2.45. The SMILES string of the molecule is CC(C)C(O)CCNC(=O)C1(c2cccc(Cl)c2)CCC1. The van der Waals surface area contributed by atoms with E-state index in [1.165, 1.54) is 0 Å². The lowest BCUT2D eigenvalue weighted by Crippen LogP contribution is -2.49. The van der Waals surface area contributed by atoms with Crippen LogP contribution in [0.15, 0.2) is 24.3 Å². The molecule has 1 unspecified atom stereocenters. The number of aliphatic hydroxyl groups excluding tert-OH is 1. The quantitative estimate of drug-likeness (QED) is 0.847. The smallest absolute Gasteiger partial charge is 0.230 e. The lowest BCUT2D eigenvalue weighted by Gasteiger charge is -2.41. The Morgan fingerprint density at radius 2 is 2.14 bits per heavy atom. The van der Waals surface area contributed by atoms with Crippen LogP contribution in [0.2, 0.25) is 5.02 Å². The predicted molar refractivity (Wildman–Crippen MR) is 85.5 cm³/mol. The summed E-state index contributed by atoms with van der Waals surface area (Å²) in [6, 6.07) is 7.60. The zero-order valence-electron chi connectivity index (χ0n) is 12.7. The molecule has 0 aromatic heterocycles. The van der Waals surface area contributed by atoms with Gasteiger partial charge >= 0.3 is 0 Å². The molecule has 21 heavy (non-hydrogen) atoms. The molecule has 0 spiro atoms. The van der Waals surface area contributed by atoms with E-state index in [9.17, 15) is 9.90 Å². The summed E-state index contributed by atoms with van der Waals surface area (Å²) in [7, 11) is 0. The molecule has 2 N–H and O–H groups in total. The molecule has 3 nitrogen and oxygen atoms in total. The maximum absolute atomic E-state index is 12.6. The molecule has 1 amide bonds. The molecule has 1 aliphatic rings. The Kier molecular flexibility index (Phi) is 5.28. The van der Waals surface area contributed by atoms with Crippen LogP contribution in [0.3, 0.4) is 0 Å². The summed E-state index contributed by atoms with van der Waals surface area (Å²) in [5, 5.41) is 13.5. The van der Waals surface area contributed by atoms with Gasteiger partial charge in [0.15, 0.2) is 0 Å². The third kappa shape index (κ3) is 3.58. The summed E-state index contributed by atoms with van der Waals surface area (Å²) in [5.41, 5.74) is 0.580. The van der Waals surface area contributed by atoms with Crippen LogP contribution in [0.4, 0.5) is 0 Å². The highest BCUT2D eigenvalue weighted by molar-refractivity contribution is 6.30. The van der Waals surface area contributed by atoms with E-state index in [-0.39, 0.29) is 17.9 Å². The molecule has 4 heteroatoms. The first-order chi connectivity index (χ1) is 9.95. The lowest BCUT2D eigenvalue weighted by molar-refractivity contribution is -0.130. The lowest BCUT2D eigenvalue weighted by atomic mass is 9.64. The van der Waals surface area contributed by atoms with Crippen LogP contribution in [-0.4, -0.2) is 23.7 Å². The van der Waals surface area contributed by atoms with Crippen molar-refractivity contribution < 1.29 is 9.90 Å². The maximum Gasteiger partial charge on any atom is 0.230 e. The minimum atomic E-state index is -0.423. The van der Waals surface area contributed by atoms with Gasteiger partial charge in [0.05, 0.1) is 11.5 Å². The fourth-order valence-electron chi connectivity index (χ4n) is 2.80. The molecule has 0 radical (unpaired) electrons. The zero-order chi connectivity index (χ0) is 15.5. The number of benzene rings is 1. The highest BCUT2D eigenvalue weighted by Crippen LogP contribution is 2.44. The second-order valence-corrected chi connectivity index (χ2v) is 6.74. The van der Waals surface area contributed by atoms with E-state index in [2.05, 4.69) is 5.32 Å². The molecule has 1 fully saturated rings. The number of halogens is 1. The molecule has 2 rings (SSSR count). The highest BCUT2D eigenvalue weighted by atomic mass is 35.5. The Hall–Kier alpha value is -1.06. The molecule has 1 saturated carbocycles. The third-order valence-electron chi connectivity index (χ3n) is 4.51. The zero-order valence-corrected chi connectivity index (χ0v) is 13.5. The average Bonchev–Trinajstić information content (AvgIpc) is 2.37. The second kappa shape index (κ2) is 6.80. The molecule has 116 valence electrons. The molecule has 1 atom stereocenters. The third-order valence-corrected chi connectivity index (χ3v) is 4.75. The first-order valence-electron chi connectivity index (χ1n) is 7.68. The summed E-state index contributed by atoms with van der Waals surface area (Å²) in [5.74, 6) is 0.277. The first kappa shape index (κ1) is 16.3. The molecule has 0 aliphatic heterocycles. The second-order valence-electron chi connectivity index (χ2n) is 6.30. The Labute approximate surface area is 131 Å². The Bertz CT molecular complexity index is 497. The Morgan fingerprint density at radius 3 is 2.67 bits per heavy atom. The molecule has 1 aliphatic carbocycles. The van der Waals surface area contributed by atoms with E-state index in [1.54, 1.807) is 0 Å². The van der Waals surface area contributed by atoms with Crippen LogP contribution in [0.5, 0.6) is 0 Å². The molecular weight excluding hydrogens is 286 g/mol. The summed E-state index contributed by atoms with van der Waals surface area (Å²) in [4.78, 5) is 12.6. The predicted octanol–water partition coefficient (Wildman–Crippen LogP) is 3.28. The van der Waals surface area contributed by atoms with Crippen LogP contribution in [0.1, 0.15) is 45.1 Å². The van der Waals surface area contributed by atoms with Gasteiger partial charge in [0.1, 0.15) is 0 Å². The number of hydrogen-bond acceptors (Lipinski definition) is 2. The number of rotatable bonds is 6. The molecular formula is C17H24ClNO2. The minimum Gasteiger partial charge on any atom is -0.393 e. The summed E-state index contributed by atoms with van der Waals surface area (Å²) < 4.78 is 0. The van der Waals surface area contributed by atoms with Crippen molar-refractivity contribution in [3.63, 3.8) is 0 Å². The first-order valence-corrected chi connectivity index (χ1v) is 8.06. The molecule has 0 saturated heterocycles. The van der Waals surface area contributed by atoms with Gasteiger partial charge in [-0.25, -0.2) is 0 Å². The van der Waals surface area contributed by atoms with Crippen molar-refractivity contribution in [2.45, 2.75) is 51.0 Å². The normalized spacial score (nSPS) is 18.1. The van der Waals surface area contributed by atoms with Crippen LogP contribution < -0.4 is 5.32 Å². The van der Waals surface area contributed by atoms with E-state index in [0.717, 1.165) is 24.8 Å². The van der Waals surface area contributed by atoms with Crippen molar-refractivity contribution in [2.24, 2.45) is 5.92 Å². The van der Waals surface area contributed by atoms with Gasteiger partial charge in [0, 0.05) is 11.6 Å². The minimum absolute atomic E-state index is 0.0620. The summed E-state index contributed by atoms with van der Waals surface area (Å²) in [6.45, 7) is 4.47. The van der Waals surface area contributed by atoms with Gasteiger partial charge in [-0.15, -0.1) is 0 Å². The summed E-state index contributed by atoms with van der Waals surface area (Å²) >= 11 is 6.05. The van der Waals surface area contributed by atoms with Gasteiger partial charge in [0.25, 0.3) is 0 Å². The van der Waals surface area contributed by atoms with Gasteiger partial charge in [-0.1, -0.05) is 44.0 Å². The monoisotopic (exact) mass is 309 g/mol. The van der Waals surface area contributed by atoms with Crippen LogP contribution in [-0.2, 0) is 10.2 Å². The number of amides is 1. The summed E-state index contributed by atoms with van der Waals surface area (Å²) in [6.07, 6.45) is 3.02. The molecule has 0 heterocycles. The largest absolute Gasteiger partial charge is 0.393 e. The topological polar surface area (TPSA) is 49.3 Å². The van der Waals surface area contributed by atoms with Crippen molar-refractivity contribution >= 4 is 17.5 Å². The van der Waals surface area contributed by atoms with Crippen LogP contribution >= 0.6 is 11.6 Å². The number of carbonyl (C=O) groups is 1. The maximum atomic E-state index is 12.6. The van der Waals surface area contributed by atoms with Gasteiger partial charge in [-0.2, -0.15) is 0 Å². The van der Waals surface area contributed by atoms with E-state index < -0.39 is 5.41 Å². The van der Waals surface area contributed by atoms with E-state index in [1.807, 2.05) is 38.1 Å². The average molecular weight is 310 g/mol. The van der Waals surface area contributed by atoms with Gasteiger partial charge in [-0.3, -0.25) is 4.79 Å². The van der Waals surface area contributed by atoms with Crippen molar-refractivity contribution in [1.82, 2.24) is 5.32 Å². The van der Waals surface area contributed by atoms with Gasteiger partial charge in [0.2, 0.25) is 5.91 Å². The molecule has 1 aromatic rings. The number of aliphatic hydroxyl groups is 1. The van der Waals surface area contributed by atoms with Crippen molar-refractivity contribution in [3.05, 3.63) is 34.9 Å². The van der Waals surface area contributed by atoms with Crippen molar-refractivity contribution in [2.75, 3.05) is 6.54 Å². The molecule has 1 aromatic carbocycles. The van der Waals surface area contributed by atoms with Crippen LogP contribution in [0.25, 0.3) is 0 Å². The van der Waals surface area contributed by atoms with Crippen molar-refractivity contribution in [1.29, 1.82) is 0 Å². The standard InChI is InChI=1S/C17H24ClNO2/c1-12(2)15(20)7-10-19-16(21)17(8-4-9-17)13-5-3-6-14(18)11-13/h3,5-6,11-12,15,20H,4,7-10H2,1-2H3,(H,19,21). The number of nitrogens with one attached hydrogen (secondary N) is 1. The van der Waals surface area contributed by atoms with Gasteiger partial charge < -0.3 is 10.4 Å². The molecule has 0 bridgehead atoms.